The van der Waals surface area contributed by atoms with Crippen LogP contribution in [0, 0.1) is 0 Å². The first kappa shape index (κ1) is 15.1. The van der Waals surface area contributed by atoms with Crippen molar-refractivity contribution in [3.8, 4) is 0 Å². The Bertz CT molecular complexity index is 311. The van der Waals surface area contributed by atoms with E-state index in [1.54, 1.807) is 0 Å². The minimum absolute atomic E-state index is 0. The van der Waals surface area contributed by atoms with Gasteiger partial charge in [-0.05, 0) is 0 Å². The zero-order chi connectivity index (χ0) is 10.2. The fraction of sp³-hybridized carbons (Fsp3) is 0. The second kappa shape index (κ2) is 9.34. The maximum Gasteiger partial charge on any atom is 2.00 e. The number of hydrogen-bond acceptors (Lipinski definition) is 0. The van der Waals surface area contributed by atoms with Gasteiger partial charge >= 0.3 is 121 Å². The van der Waals surface area contributed by atoms with Crippen molar-refractivity contribution in [2.24, 2.45) is 0 Å². The molecule has 0 nitrogen and oxygen atoms in total. The first-order chi connectivity index (χ1) is 6.79. The van der Waals surface area contributed by atoms with E-state index in [4.69, 9.17) is 0 Å². The van der Waals surface area contributed by atoms with Crippen LogP contribution in [0.2, 0.25) is 0 Å². The molecule has 72 valence electrons. The molecule has 0 saturated heterocycles. The van der Waals surface area contributed by atoms with Crippen LogP contribution in [0.15, 0.2) is 60.7 Å². The third-order valence-electron chi connectivity index (χ3n) is 1.49. The molecular formula is C12H10Se2Zn. The van der Waals surface area contributed by atoms with Crippen LogP contribution in [0.1, 0.15) is 0 Å². The minimum atomic E-state index is 0. The maximum atomic E-state index is 2.90. The summed E-state index contributed by atoms with van der Waals surface area (Å²) in [5.74, 6) is 0. The standard InChI is InChI=1S/2C6H6Se.Zn/c2*7-6-4-2-1-3-5-6;/h2*1-5,7H;/q;;+2/p-2. The average Bonchev–Trinajstić information content (AvgIpc) is 2.21. The molecular weight excluding hydrogens is 367 g/mol. The Balaban J connectivity index is 0.000000245. The van der Waals surface area contributed by atoms with E-state index in [9.17, 15) is 0 Å². The zero-order valence-electron chi connectivity index (χ0n) is 8.30. The molecule has 0 aliphatic carbocycles. The van der Waals surface area contributed by atoms with Gasteiger partial charge in [0.15, 0.2) is 0 Å². The van der Waals surface area contributed by atoms with Crippen LogP contribution in [0.3, 0.4) is 0 Å². The van der Waals surface area contributed by atoms with Gasteiger partial charge in [0.25, 0.3) is 0 Å². The molecule has 2 aromatic carbocycles. The van der Waals surface area contributed by atoms with Gasteiger partial charge in [0.05, 0.1) is 0 Å². The van der Waals surface area contributed by atoms with Gasteiger partial charge in [-0.25, -0.2) is 0 Å². The summed E-state index contributed by atoms with van der Waals surface area (Å²) in [7, 11) is 0. The van der Waals surface area contributed by atoms with Gasteiger partial charge < -0.3 is 0 Å². The van der Waals surface area contributed by atoms with Crippen molar-refractivity contribution in [2.45, 2.75) is 0 Å². The summed E-state index contributed by atoms with van der Waals surface area (Å²) < 4.78 is 2.39. The molecule has 0 saturated carbocycles. The van der Waals surface area contributed by atoms with Crippen molar-refractivity contribution in [2.75, 3.05) is 0 Å². The third-order valence-corrected chi connectivity index (χ3v) is 2.63. The summed E-state index contributed by atoms with van der Waals surface area (Å²) in [6, 6.07) is 20.1. The molecule has 0 aliphatic rings. The monoisotopic (exact) mass is 378 g/mol. The molecule has 0 N–H and O–H groups in total. The van der Waals surface area contributed by atoms with E-state index in [-0.39, 0.29) is 19.5 Å². The Morgan fingerprint density at radius 3 is 0.933 bits per heavy atom. The van der Waals surface area contributed by atoms with Crippen molar-refractivity contribution in [3.63, 3.8) is 0 Å². The summed E-state index contributed by atoms with van der Waals surface area (Å²) in [5.41, 5.74) is 0. The van der Waals surface area contributed by atoms with Crippen LogP contribution < -0.4 is 8.92 Å². The van der Waals surface area contributed by atoms with E-state index in [1.807, 2.05) is 60.7 Å². The van der Waals surface area contributed by atoms with Gasteiger partial charge in [0, 0.05) is 0 Å². The summed E-state index contributed by atoms with van der Waals surface area (Å²) in [6.07, 6.45) is 0. The fourth-order valence-electron chi connectivity index (χ4n) is 0.841. The number of hydrogen-bond donors (Lipinski definition) is 0. The van der Waals surface area contributed by atoms with Gasteiger partial charge in [0.1, 0.15) is 0 Å². The van der Waals surface area contributed by atoms with Gasteiger partial charge in [-0.3, -0.25) is 0 Å². The molecule has 0 aliphatic heterocycles. The summed E-state index contributed by atoms with van der Waals surface area (Å²) >= 11 is 5.80. The molecule has 3 heteroatoms. The Morgan fingerprint density at radius 1 is 0.533 bits per heavy atom. The van der Waals surface area contributed by atoms with Crippen LogP contribution in [0.5, 0.6) is 0 Å². The van der Waals surface area contributed by atoms with Crippen molar-refractivity contribution in [1.82, 2.24) is 0 Å². The smallest absolute Gasteiger partial charge is 2.00 e. The van der Waals surface area contributed by atoms with E-state index in [0.717, 1.165) is 0 Å². The fourth-order valence-corrected chi connectivity index (χ4v) is 1.50. The van der Waals surface area contributed by atoms with Gasteiger partial charge in [-0.1, -0.05) is 0 Å². The molecule has 0 radical (unpaired) electrons. The second-order valence-electron chi connectivity index (χ2n) is 2.63. The van der Waals surface area contributed by atoms with Crippen molar-refractivity contribution in [3.05, 3.63) is 60.7 Å². The van der Waals surface area contributed by atoms with E-state index < -0.39 is 0 Å². The van der Waals surface area contributed by atoms with Crippen LogP contribution in [-0.2, 0) is 19.5 Å². The predicted octanol–water partition coefficient (Wildman–Crippen LogP) is 0.958. The molecule has 0 heterocycles. The van der Waals surface area contributed by atoms with E-state index in [1.165, 1.54) is 8.92 Å². The molecule has 2 aromatic rings. The molecule has 2 rings (SSSR count). The van der Waals surface area contributed by atoms with Crippen molar-refractivity contribution >= 4 is 40.9 Å². The molecule has 0 bridgehead atoms. The Kier molecular flexibility index (Phi) is 9.40. The van der Waals surface area contributed by atoms with Gasteiger partial charge in [-0.2, -0.15) is 0 Å². The van der Waals surface area contributed by atoms with Crippen molar-refractivity contribution < 1.29 is 19.5 Å². The summed E-state index contributed by atoms with van der Waals surface area (Å²) in [6.45, 7) is 0. The molecule has 0 atom stereocenters. The zero-order valence-corrected chi connectivity index (χ0v) is 14.7. The Morgan fingerprint density at radius 2 is 0.800 bits per heavy atom. The largest absolute Gasteiger partial charge is 2.00 e. The predicted molar refractivity (Wildman–Crippen MR) is 63.7 cm³/mol. The maximum absolute atomic E-state index is 2.90. The SMILES string of the molecule is [Se-]c1ccccc1.[Se-]c1ccccc1.[Zn+2]. The Labute approximate surface area is 120 Å². The topological polar surface area (TPSA) is 0 Å². The molecule has 0 amide bonds. The van der Waals surface area contributed by atoms with Crippen molar-refractivity contribution in [1.29, 1.82) is 0 Å². The van der Waals surface area contributed by atoms with Crippen LogP contribution in [0.25, 0.3) is 0 Å². The number of rotatable bonds is 0. The third kappa shape index (κ3) is 7.97. The van der Waals surface area contributed by atoms with Gasteiger partial charge in [-0.15, -0.1) is 0 Å². The first-order valence-corrected chi connectivity index (χ1v) is 5.94. The van der Waals surface area contributed by atoms with Crippen LogP contribution >= 0.6 is 0 Å². The quantitative estimate of drug-likeness (QED) is 0.600. The molecule has 0 unspecified atom stereocenters. The van der Waals surface area contributed by atoms with E-state index >= 15 is 0 Å². The van der Waals surface area contributed by atoms with Crippen LogP contribution in [-0.4, -0.2) is 32.0 Å². The minimum Gasteiger partial charge on any atom is 2.00 e. The summed E-state index contributed by atoms with van der Waals surface area (Å²) in [4.78, 5) is 0. The molecule has 0 spiro atoms. The van der Waals surface area contributed by atoms with E-state index in [2.05, 4.69) is 32.0 Å². The summed E-state index contributed by atoms with van der Waals surface area (Å²) in [5, 5.41) is 0. The second-order valence-corrected chi connectivity index (χ2v) is 4.60. The average molecular weight is 378 g/mol. The van der Waals surface area contributed by atoms with E-state index in [0.29, 0.717) is 0 Å². The first-order valence-electron chi connectivity index (χ1n) is 4.23. The van der Waals surface area contributed by atoms with Gasteiger partial charge in [0.2, 0.25) is 0 Å². The normalized spacial score (nSPS) is 8.00. The number of benzene rings is 2. The molecule has 0 aromatic heterocycles. The Hall–Kier alpha value is 0.102. The molecule has 15 heavy (non-hydrogen) atoms. The molecule has 0 fully saturated rings. The van der Waals surface area contributed by atoms with Crippen LogP contribution in [0.4, 0.5) is 0 Å².